The molecule has 9 aromatic rings. The minimum atomic E-state index is 0.220. The number of allylic oxidation sites excluding steroid dienone is 1. The highest BCUT2D eigenvalue weighted by Crippen LogP contribution is 2.42. The van der Waals surface area contributed by atoms with Gasteiger partial charge in [0.25, 0.3) is 0 Å². The third kappa shape index (κ3) is 5.12. The van der Waals surface area contributed by atoms with Crippen LogP contribution in [0, 0.1) is 0 Å². The van der Waals surface area contributed by atoms with Gasteiger partial charge in [0.15, 0.2) is 17.5 Å². The molecule has 1 aliphatic carbocycles. The Morgan fingerprint density at radius 1 is 0.471 bits per heavy atom. The molecule has 51 heavy (non-hydrogen) atoms. The standard InChI is InChI=1S/C47H31N3O/c1-2-13-33(14-3-1)45-48-46(34-25-23-32(24-26-34)38-19-8-15-30-11-4-6-17-36(30)38)50-47(49-45)41-21-10-22-42-44(41)40-28-27-35(29-43(40)51-42)39-20-9-16-31-12-5-7-18-37(31)39/h1-28,35H,29H2. The fourth-order valence-corrected chi connectivity index (χ4v) is 7.62. The molecule has 1 aliphatic rings. The second kappa shape index (κ2) is 12.0. The summed E-state index contributed by atoms with van der Waals surface area (Å²) in [5, 5.41) is 6.02. The molecular formula is C47H31N3O. The van der Waals surface area contributed by atoms with E-state index < -0.39 is 0 Å². The summed E-state index contributed by atoms with van der Waals surface area (Å²) in [6.07, 6.45) is 5.34. The summed E-state index contributed by atoms with van der Waals surface area (Å²) in [6, 6.07) is 55.0. The Labute approximate surface area is 295 Å². The lowest BCUT2D eigenvalue weighted by molar-refractivity contribution is 0.533. The molecule has 1 unspecified atom stereocenters. The summed E-state index contributed by atoms with van der Waals surface area (Å²) in [5.41, 5.74) is 8.40. The van der Waals surface area contributed by atoms with Crippen molar-refractivity contribution in [2.45, 2.75) is 12.3 Å². The first-order chi connectivity index (χ1) is 25.3. The zero-order chi connectivity index (χ0) is 33.7. The van der Waals surface area contributed by atoms with E-state index in [-0.39, 0.29) is 5.92 Å². The lowest BCUT2D eigenvalue weighted by Crippen LogP contribution is -2.05. The maximum atomic E-state index is 6.61. The van der Waals surface area contributed by atoms with Crippen LogP contribution in [-0.4, -0.2) is 15.0 Å². The molecule has 0 saturated heterocycles. The van der Waals surface area contributed by atoms with Gasteiger partial charge in [-0.3, -0.25) is 0 Å². The van der Waals surface area contributed by atoms with Crippen LogP contribution in [0.15, 0.2) is 168 Å². The number of hydrogen-bond acceptors (Lipinski definition) is 4. The summed E-state index contributed by atoms with van der Waals surface area (Å²) in [4.78, 5) is 15.2. The molecule has 0 spiro atoms. The van der Waals surface area contributed by atoms with E-state index in [9.17, 15) is 0 Å². The molecular weight excluding hydrogens is 623 g/mol. The number of furan rings is 1. The molecule has 4 heteroatoms. The molecule has 0 aliphatic heterocycles. The molecule has 0 fully saturated rings. The van der Waals surface area contributed by atoms with E-state index in [1.165, 1.54) is 32.7 Å². The van der Waals surface area contributed by atoms with Crippen LogP contribution in [0.25, 0.3) is 83.9 Å². The summed E-state index contributed by atoms with van der Waals surface area (Å²) < 4.78 is 6.61. The Hall–Kier alpha value is -6.65. The van der Waals surface area contributed by atoms with Gasteiger partial charge in [0.2, 0.25) is 0 Å². The second-order valence-corrected chi connectivity index (χ2v) is 13.1. The molecule has 0 saturated carbocycles. The highest BCUT2D eigenvalue weighted by molar-refractivity contribution is 6.01. The zero-order valence-corrected chi connectivity index (χ0v) is 27.7. The molecule has 0 bridgehead atoms. The van der Waals surface area contributed by atoms with Crippen molar-refractivity contribution in [3.8, 4) is 45.3 Å². The summed E-state index contributed by atoms with van der Waals surface area (Å²) in [6.45, 7) is 0. The van der Waals surface area contributed by atoms with Crippen molar-refractivity contribution in [2.24, 2.45) is 0 Å². The molecule has 0 amide bonds. The number of nitrogens with zero attached hydrogens (tertiary/aromatic N) is 3. The normalized spacial score (nSPS) is 13.9. The quantitative estimate of drug-likeness (QED) is 0.185. The van der Waals surface area contributed by atoms with Crippen molar-refractivity contribution >= 4 is 38.6 Å². The highest BCUT2D eigenvalue weighted by Gasteiger charge is 2.25. The van der Waals surface area contributed by atoms with Crippen LogP contribution in [-0.2, 0) is 6.42 Å². The topological polar surface area (TPSA) is 51.8 Å². The predicted octanol–water partition coefficient (Wildman–Crippen LogP) is 11.9. The first kappa shape index (κ1) is 29.3. The average Bonchev–Trinajstić information content (AvgIpc) is 3.59. The SMILES string of the molecule is C1=CC(c2cccc3ccccc23)Cc2oc3cccc(-c4nc(-c5ccccc5)nc(-c5ccc(-c6cccc7ccccc67)cc5)n4)c3c21. The fourth-order valence-electron chi connectivity index (χ4n) is 7.62. The van der Waals surface area contributed by atoms with Crippen LogP contribution in [0.4, 0.5) is 0 Å². The van der Waals surface area contributed by atoms with Gasteiger partial charge in [-0.15, -0.1) is 0 Å². The van der Waals surface area contributed by atoms with Crippen LogP contribution in [0.2, 0.25) is 0 Å². The van der Waals surface area contributed by atoms with Gasteiger partial charge in [-0.1, -0.05) is 164 Å². The van der Waals surface area contributed by atoms with Gasteiger partial charge in [0.1, 0.15) is 11.3 Å². The van der Waals surface area contributed by atoms with Crippen LogP contribution < -0.4 is 0 Å². The molecule has 10 rings (SSSR count). The molecule has 1 atom stereocenters. The Morgan fingerprint density at radius 3 is 1.86 bits per heavy atom. The molecule has 7 aromatic carbocycles. The van der Waals surface area contributed by atoms with Gasteiger partial charge in [-0.2, -0.15) is 0 Å². The first-order valence-electron chi connectivity index (χ1n) is 17.4. The van der Waals surface area contributed by atoms with Gasteiger partial charge < -0.3 is 4.42 Å². The van der Waals surface area contributed by atoms with Gasteiger partial charge in [-0.25, -0.2) is 15.0 Å². The predicted molar refractivity (Wildman–Crippen MR) is 208 cm³/mol. The van der Waals surface area contributed by atoms with Crippen molar-refractivity contribution < 1.29 is 4.42 Å². The number of rotatable bonds is 5. The Kier molecular flexibility index (Phi) is 6.91. The summed E-state index contributed by atoms with van der Waals surface area (Å²) in [7, 11) is 0. The Bertz CT molecular complexity index is 2770. The number of aromatic nitrogens is 3. The van der Waals surface area contributed by atoms with Crippen LogP contribution in [0.3, 0.4) is 0 Å². The Balaban J connectivity index is 1.08. The van der Waals surface area contributed by atoms with Crippen LogP contribution in [0.5, 0.6) is 0 Å². The number of hydrogen-bond donors (Lipinski definition) is 0. The number of benzene rings is 7. The summed E-state index contributed by atoms with van der Waals surface area (Å²) >= 11 is 0. The van der Waals surface area contributed by atoms with Crippen LogP contribution in [0.1, 0.15) is 22.8 Å². The van der Waals surface area contributed by atoms with E-state index in [0.717, 1.165) is 51.0 Å². The maximum Gasteiger partial charge on any atom is 0.164 e. The first-order valence-corrected chi connectivity index (χ1v) is 17.4. The van der Waals surface area contributed by atoms with Crippen molar-refractivity contribution in [1.82, 2.24) is 15.0 Å². The minimum Gasteiger partial charge on any atom is -0.460 e. The smallest absolute Gasteiger partial charge is 0.164 e. The molecule has 240 valence electrons. The van der Waals surface area contributed by atoms with E-state index in [2.05, 4.69) is 127 Å². The third-order valence-electron chi connectivity index (χ3n) is 10.1. The van der Waals surface area contributed by atoms with Gasteiger partial charge in [-0.05, 0) is 44.3 Å². The van der Waals surface area contributed by atoms with Gasteiger partial charge in [0, 0.05) is 40.0 Å². The zero-order valence-electron chi connectivity index (χ0n) is 27.7. The van der Waals surface area contributed by atoms with Gasteiger partial charge >= 0.3 is 0 Å². The molecule has 0 N–H and O–H groups in total. The third-order valence-corrected chi connectivity index (χ3v) is 10.1. The molecule has 2 heterocycles. The lowest BCUT2D eigenvalue weighted by Gasteiger charge is -2.18. The largest absolute Gasteiger partial charge is 0.460 e. The highest BCUT2D eigenvalue weighted by atomic mass is 16.3. The van der Waals surface area contributed by atoms with E-state index in [4.69, 9.17) is 19.4 Å². The second-order valence-electron chi connectivity index (χ2n) is 13.1. The van der Waals surface area contributed by atoms with Crippen molar-refractivity contribution in [1.29, 1.82) is 0 Å². The van der Waals surface area contributed by atoms with Gasteiger partial charge in [0.05, 0.1) is 0 Å². The van der Waals surface area contributed by atoms with Crippen molar-refractivity contribution in [3.63, 3.8) is 0 Å². The molecule has 2 aromatic heterocycles. The average molecular weight is 654 g/mol. The molecule has 4 nitrogen and oxygen atoms in total. The van der Waals surface area contributed by atoms with E-state index in [1.807, 2.05) is 42.5 Å². The van der Waals surface area contributed by atoms with Crippen molar-refractivity contribution in [3.05, 3.63) is 181 Å². The van der Waals surface area contributed by atoms with Crippen molar-refractivity contribution in [2.75, 3.05) is 0 Å². The Morgan fingerprint density at radius 2 is 1.06 bits per heavy atom. The van der Waals surface area contributed by atoms with Crippen LogP contribution >= 0.6 is 0 Å². The summed E-state index contributed by atoms with van der Waals surface area (Å²) in [5.74, 6) is 3.09. The number of fused-ring (bicyclic) bond motifs is 5. The monoisotopic (exact) mass is 653 g/mol. The van der Waals surface area contributed by atoms with E-state index in [1.54, 1.807) is 0 Å². The lowest BCUT2D eigenvalue weighted by atomic mass is 9.85. The fraction of sp³-hybridized carbons (Fsp3) is 0.0426. The van der Waals surface area contributed by atoms with E-state index >= 15 is 0 Å². The minimum absolute atomic E-state index is 0.220. The molecule has 0 radical (unpaired) electrons. The maximum absolute atomic E-state index is 6.61. The van der Waals surface area contributed by atoms with E-state index in [0.29, 0.717) is 17.5 Å².